The average Bonchev–Trinajstić information content (AvgIpc) is 2.58. The lowest BCUT2D eigenvalue weighted by molar-refractivity contribution is 0.770. The number of hydrogen-bond donors (Lipinski definition) is 1. The summed E-state index contributed by atoms with van der Waals surface area (Å²) < 4.78 is 1.84. The van der Waals surface area contributed by atoms with Gasteiger partial charge in [-0.25, -0.2) is 4.68 Å². The summed E-state index contributed by atoms with van der Waals surface area (Å²) in [7, 11) is 1.92. The normalized spacial score (nSPS) is 10.8. The Balaban J connectivity index is 2.56. The van der Waals surface area contributed by atoms with Gasteiger partial charge in [0.2, 0.25) is 0 Å². The summed E-state index contributed by atoms with van der Waals surface area (Å²) in [6.07, 6.45) is 3.59. The molecular weight excluding hydrogens is 236 g/mol. The van der Waals surface area contributed by atoms with E-state index in [0.29, 0.717) is 5.02 Å². The predicted octanol–water partition coefficient (Wildman–Crippen LogP) is 2.26. The molecule has 0 unspecified atom stereocenters. The molecule has 2 rings (SSSR count). The standard InChI is InChI=1S/C12H15ClN4/c1-8-12(13)9(2)17(16-8)11-7-15-5-4-10(11)6-14-3/h4-5,7,14H,6H2,1-3H3. The molecular formula is C12H15ClN4. The summed E-state index contributed by atoms with van der Waals surface area (Å²) in [6, 6.07) is 1.98. The number of aromatic nitrogens is 3. The largest absolute Gasteiger partial charge is 0.316 e. The number of rotatable bonds is 3. The third-order valence-electron chi connectivity index (χ3n) is 2.69. The quantitative estimate of drug-likeness (QED) is 0.909. The van der Waals surface area contributed by atoms with E-state index in [1.807, 2.05) is 37.8 Å². The lowest BCUT2D eigenvalue weighted by atomic mass is 10.2. The summed E-state index contributed by atoms with van der Waals surface area (Å²) in [5.41, 5.74) is 3.89. The third-order valence-corrected chi connectivity index (χ3v) is 3.23. The van der Waals surface area contributed by atoms with E-state index in [-0.39, 0.29) is 0 Å². The van der Waals surface area contributed by atoms with Gasteiger partial charge in [0.15, 0.2) is 0 Å². The number of hydrogen-bond acceptors (Lipinski definition) is 3. The molecule has 5 heteroatoms. The van der Waals surface area contributed by atoms with E-state index in [2.05, 4.69) is 15.4 Å². The molecule has 2 aromatic heterocycles. The maximum Gasteiger partial charge on any atom is 0.0877 e. The van der Waals surface area contributed by atoms with Gasteiger partial charge >= 0.3 is 0 Å². The molecule has 90 valence electrons. The van der Waals surface area contributed by atoms with Gasteiger partial charge in [0.05, 0.1) is 28.3 Å². The van der Waals surface area contributed by atoms with Crippen molar-refractivity contribution in [2.24, 2.45) is 0 Å². The molecule has 0 saturated heterocycles. The van der Waals surface area contributed by atoms with Crippen LogP contribution in [0.15, 0.2) is 18.5 Å². The SMILES string of the molecule is CNCc1ccncc1-n1nc(C)c(Cl)c1C. The molecule has 2 heterocycles. The topological polar surface area (TPSA) is 42.7 Å². The van der Waals surface area contributed by atoms with Crippen LogP contribution in [0.5, 0.6) is 0 Å². The second-order valence-electron chi connectivity index (χ2n) is 3.93. The van der Waals surface area contributed by atoms with Gasteiger partial charge in [0, 0.05) is 12.7 Å². The van der Waals surface area contributed by atoms with Crippen molar-refractivity contribution in [2.75, 3.05) is 7.05 Å². The number of nitrogens with zero attached hydrogens (tertiary/aromatic N) is 3. The van der Waals surface area contributed by atoms with Crippen LogP contribution in [-0.4, -0.2) is 21.8 Å². The van der Waals surface area contributed by atoms with E-state index in [1.165, 1.54) is 0 Å². The maximum absolute atomic E-state index is 6.16. The molecule has 17 heavy (non-hydrogen) atoms. The summed E-state index contributed by atoms with van der Waals surface area (Å²) in [6.45, 7) is 4.63. The van der Waals surface area contributed by atoms with Crippen molar-refractivity contribution >= 4 is 11.6 Å². The monoisotopic (exact) mass is 250 g/mol. The number of halogens is 1. The third kappa shape index (κ3) is 2.18. The van der Waals surface area contributed by atoms with Crippen molar-refractivity contribution < 1.29 is 0 Å². The van der Waals surface area contributed by atoms with Crippen LogP contribution in [0.3, 0.4) is 0 Å². The van der Waals surface area contributed by atoms with E-state index in [4.69, 9.17) is 11.6 Å². The van der Waals surface area contributed by atoms with Gasteiger partial charge in [-0.3, -0.25) is 4.98 Å². The number of nitrogens with one attached hydrogen (secondary N) is 1. The lowest BCUT2D eigenvalue weighted by Gasteiger charge is -2.09. The van der Waals surface area contributed by atoms with Gasteiger partial charge in [0.1, 0.15) is 0 Å². The van der Waals surface area contributed by atoms with Crippen LogP contribution in [-0.2, 0) is 6.54 Å². The van der Waals surface area contributed by atoms with Crippen LogP contribution in [0.4, 0.5) is 0 Å². The smallest absolute Gasteiger partial charge is 0.0877 e. The van der Waals surface area contributed by atoms with Gasteiger partial charge in [0.25, 0.3) is 0 Å². The molecule has 0 aliphatic carbocycles. The number of pyridine rings is 1. The fraction of sp³-hybridized carbons (Fsp3) is 0.333. The Morgan fingerprint density at radius 3 is 2.76 bits per heavy atom. The average molecular weight is 251 g/mol. The second-order valence-corrected chi connectivity index (χ2v) is 4.31. The molecule has 0 aliphatic rings. The Hall–Kier alpha value is -1.39. The summed E-state index contributed by atoms with van der Waals surface area (Å²) >= 11 is 6.16. The van der Waals surface area contributed by atoms with Crippen molar-refractivity contribution in [3.63, 3.8) is 0 Å². The zero-order chi connectivity index (χ0) is 12.4. The molecule has 0 radical (unpaired) electrons. The van der Waals surface area contributed by atoms with Gasteiger partial charge in [-0.05, 0) is 32.5 Å². The van der Waals surface area contributed by atoms with Crippen LogP contribution in [0, 0.1) is 13.8 Å². The van der Waals surface area contributed by atoms with Crippen molar-refractivity contribution in [3.05, 3.63) is 40.4 Å². The minimum absolute atomic E-state index is 0.712. The zero-order valence-corrected chi connectivity index (χ0v) is 10.9. The molecule has 0 fully saturated rings. The van der Waals surface area contributed by atoms with Gasteiger partial charge in [-0.15, -0.1) is 0 Å². The first-order chi connectivity index (χ1) is 8.15. The summed E-state index contributed by atoms with van der Waals surface area (Å²) in [5, 5.41) is 8.29. The lowest BCUT2D eigenvalue weighted by Crippen LogP contribution is -2.10. The molecule has 0 aliphatic heterocycles. The van der Waals surface area contributed by atoms with Crippen LogP contribution >= 0.6 is 11.6 Å². The second kappa shape index (κ2) is 4.85. The van der Waals surface area contributed by atoms with E-state index >= 15 is 0 Å². The summed E-state index contributed by atoms with van der Waals surface area (Å²) in [5.74, 6) is 0. The minimum atomic E-state index is 0.712. The highest BCUT2D eigenvalue weighted by molar-refractivity contribution is 6.31. The predicted molar refractivity (Wildman–Crippen MR) is 68.6 cm³/mol. The zero-order valence-electron chi connectivity index (χ0n) is 10.2. The Kier molecular flexibility index (Phi) is 3.45. The fourth-order valence-corrected chi connectivity index (χ4v) is 1.92. The highest BCUT2D eigenvalue weighted by Gasteiger charge is 2.13. The van der Waals surface area contributed by atoms with Crippen LogP contribution in [0.2, 0.25) is 5.02 Å². The van der Waals surface area contributed by atoms with Crippen LogP contribution in [0.1, 0.15) is 17.0 Å². The van der Waals surface area contributed by atoms with E-state index in [0.717, 1.165) is 29.2 Å². The van der Waals surface area contributed by atoms with Crippen molar-refractivity contribution in [3.8, 4) is 5.69 Å². The van der Waals surface area contributed by atoms with Gasteiger partial charge in [-0.1, -0.05) is 11.6 Å². The van der Waals surface area contributed by atoms with Crippen molar-refractivity contribution in [1.29, 1.82) is 0 Å². The molecule has 0 aromatic carbocycles. The van der Waals surface area contributed by atoms with Gasteiger partial charge < -0.3 is 5.32 Å². The van der Waals surface area contributed by atoms with E-state index in [1.54, 1.807) is 6.20 Å². The first-order valence-electron chi connectivity index (χ1n) is 5.44. The maximum atomic E-state index is 6.16. The molecule has 0 saturated carbocycles. The first kappa shape index (κ1) is 12.1. The molecule has 0 amide bonds. The Labute approximate surface area is 106 Å². The van der Waals surface area contributed by atoms with Crippen molar-refractivity contribution in [2.45, 2.75) is 20.4 Å². The van der Waals surface area contributed by atoms with Crippen molar-refractivity contribution in [1.82, 2.24) is 20.1 Å². The van der Waals surface area contributed by atoms with Crippen LogP contribution < -0.4 is 5.32 Å². The molecule has 0 spiro atoms. The Morgan fingerprint density at radius 1 is 1.41 bits per heavy atom. The molecule has 0 bridgehead atoms. The Bertz CT molecular complexity index is 533. The molecule has 0 atom stereocenters. The molecule has 1 N–H and O–H groups in total. The Morgan fingerprint density at radius 2 is 2.18 bits per heavy atom. The molecule has 2 aromatic rings. The molecule has 4 nitrogen and oxygen atoms in total. The van der Waals surface area contributed by atoms with Gasteiger partial charge in [-0.2, -0.15) is 5.10 Å². The first-order valence-corrected chi connectivity index (χ1v) is 5.82. The highest BCUT2D eigenvalue weighted by atomic mass is 35.5. The fourth-order valence-electron chi connectivity index (χ4n) is 1.80. The summed E-state index contributed by atoms with van der Waals surface area (Å²) in [4.78, 5) is 4.15. The number of aryl methyl sites for hydroxylation is 1. The van der Waals surface area contributed by atoms with E-state index in [9.17, 15) is 0 Å². The minimum Gasteiger partial charge on any atom is -0.316 e. The highest BCUT2D eigenvalue weighted by Crippen LogP contribution is 2.23. The van der Waals surface area contributed by atoms with E-state index < -0.39 is 0 Å². The van der Waals surface area contributed by atoms with Crippen LogP contribution in [0.25, 0.3) is 5.69 Å².